The van der Waals surface area contributed by atoms with Crippen LogP contribution in [0.4, 0.5) is 17.1 Å². The molecule has 0 aliphatic rings. The van der Waals surface area contributed by atoms with Crippen molar-refractivity contribution < 1.29 is 14.4 Å². The molecule has 0 saturated carbocycles. The molecule has 0 radical (unpaired) electrons. The molecule has 0 fully saturated rings. The molecule has 0 aliphatic heterocycles. The van der Waals surface area contributed by atoms with Crippen molar-refractivity contribution in [2.24, 2.45) is 0 Å². The number of carbonyl (C=O) groups excluding carboxylic acids is 3. The van der Waals surface area contributed by atoms with E-state index in [-0.39, 0.29) is 5.69 Å². The third-order valence-electron chi connectivity index (χ3n) is 2.94. The lowest BCUT2D eigenvalue weighted by atomic mass is 10.2. The van der Waals surface area contributed by atoms with Gasteiger partial charge in [0.2, 0.25) is 5.91 Å². The van der Waals surface area contributed by atoms with Gasteiger partial charge in [-0.25, -0.2) is 4.90 Å². The predicted octanol–water partition coefficient (Wildman–Crippen LogP) is 2.39. The fourth-order valence-corrected chi connectivity index (χ4v) is 2.28. The van der Waals surface area contributed by atoms with Gasteiger partial charge in [0.05, 0.1) is 5.69 Å². The largest absolute Gasteiger partial charge is 0.399 e. The standard InChI is InChI=1S/C16H14IN3O3/c1-10(21)20(14-4-2-3-12(18)9-14)16(23)15(22)19-13-7-5-11(17)6-8-13/h2-9H,18H2,1H3,(H,19,22). The highest BCUT2D eigenvalue weighted by molar-refractivity contribution is 14.1. The smallest absolute Gasteiger partial charge is 0.323 e. The molecule has 23 heavy (non-hydrogen) atoms. The van der Waals surface area contributed by atoms with Crippen LogP contribution in [0.15, 0.2) is 48.5 Å². The number of anilines is 3. The fraction of sp³-hybridized carbons (Fsp3) is 0.0625. The number of nitrogens with two attached hydrogens (primary N) is 1. The summed E-state index contributed by atoms with van der Waals surface area (Å²) in [6, 6.07) is 13.1. The number of rotatable bonds is 2. The highest BCUT2D eigenvalue weighted by Crippen LogP contribution is 2.19. The number of nitrogens with one attached hydrogen (secondary N) is 1. The molecule has 118 valence electrons. The Bertz CT molecular complexity index is 759. The van der Waals surface area contributed by atoms with Gasteiger partial charge in [-0.15, -0.1) is 0 Å². The van der Waals surface area contributed by atoms with Crippen LogP contribution in [0, 0.1) is 3.57 Å². The second-order valence-electron chi connectivity index (χ2n) is 4.72. The van der Waals surface area contributed by atoms with E-state index in [9.17, 15) is 14.4 Å². The Morgan fingerprint density at radius 2 is 1.74 bits per heavy atom. The Labute approximate surface area is 146 Å². The number of hydrogen-bond acceptors (Lipinski definition) is 4. The van der Waals surface area contributed by atoms with Gasteiger partial charge in [0, 0.05) is 21.9 Å². The zero-order chi connectivity index (χ0) is 17.0. The lowest BCUT2D eigenvalue weighted by Gasteiger charge is -2.19. The van der Waals surface area contributed by atoms with E-state index in [0.29, 0.717) is 11.4 Å². The molecular formula is C16H14IN3O3. The van der Waals surface area contributed by atoms with Crippen LogP contribution in [-0.4, -0.2) is 17.7 Å². The summed E-state index contributed by atoms with van der Waals surface area (Å²) >= 11 is 2.13. The summed E-state index contributed by atoms with van der Waals surface area (Å²) in [7, 11) is 0. The van der Waals surface area contributed by atoms with Crippen LogP contribution in [0.1, 0.15) is 6.92 Å². The Morgan fingerprint density at radius 1 is 1.09 bits per heavy atom. The van der Waals surface area contributed by atoms with Gasteiger partial charge in [0.15, 0.2) is 0 Å². The highest BCUT2D eigenvalue weighted by atomic mass is 127. The second kappa shape index (κ2) is 7.23. The molecule has 2 rings (SSSR count). The SMILES string of the molecule is CC(=O)N(C(=O)C(=O)Nc1ccc(I)cc1)c1cccc(N)c1. The maximum Gasteiger partial charge on any atom is 0.323 e. The Hall–Kier alpha value is -2.42. The van der Waals surface area contributed by atoms with Crippen LogP contribution in [-0.2, 0) is 14.4 Å². The van der Waals surface area contributed by atoms with E-state index < -0.39 is 17.7 Å². The number of amides is 3. The maximum absolute atomic E-state index is 12.3. The molecule has 0 unspecified atom stereocenters. The number of carbonyl (C=O) groups is 3. The number of halogens is 1. The molecule has 2 aromatic rings. The first-order valence-electron chi connectivity index (χ1n) is 6.65. The van der Waals surface area contributed by atoms with E-state index in [1.165, 1.54) is 19.1 Å². The maximum atomic E-state index is 12.3. The lowest BCUT2D eigenvalue weighted by molar-refractivity contribution is -0.136. The van der Waals surface area contributed by atoms with Crippen molar-refractivity contribution in [3.8, 4) is 0 Å². The molecule has 0 aromatic heterocycles. The van der Waals surface area contributed by atoms with Gasteiger partial charge in [-0.05, 0) is 65.1 Å². The van der Waals surface area contributed by atoms with Crippen LogP contribution in [0.2, 0.25) is 0 Å². The van der Waals surface area contributed by atoms with Crippen LogP contribution in [0.5, 0.6) is 0 Å². The molecule has 0 saturated heterocycles. The Balaban J connectivity index is 2.22. The van der Waals surface area contributed by atoms with Crippen molar-refractivity contribution in [1.29, 1.82) is 0 Å². The second-order valence-corrected chi connectivity index (χ2v) is 5.96. The van der Waals surface area contributed by atoms with Gasteiger partial charge in [-0.3, -0.25) is 14.4 Å². The number of hydrogen-bond donors (Lipinski definition) is 2. The van der Waals surface area contributed by atoms with E-state index in [1.54, 1.807) is 36.4 Å². The Kier molecular flexibility index (Phi) is 5.32. The van der Waals surface area contributed by atoms with Crippen LogP contribution in [0.25, 0.3) is 0 Å². The third-order valence-corrected chi connectivity index (χ3v) is 3.66. The van der Waals surface area contributed by atoms with Gasteiger partial charge < -0.3 is 11.1 Å². The molecule has 0 bridgehead atoms. The van der Waals surface area contributed by atoms with Crippen LogP contribution < -0.4 is 16.0 Å². The van der Waals surface area contributed by atoms with Crippen molar-refractivity contribution in [3.05, 3.63) is 52.1 Å². The van der Waals surface area contributed by atoms with E-state index in [1.807, 2.05) is 0 Å². The van der Waals surface area contributed by atoms with E-state index in [4.69, 9.17) is 5.73 Å². The monoisotopic (exact) mass is 423 g/mol. The van der Waals surface area contributed by atoms with Crippen LogP contribution in [0.3, 0.4) is 0 Å². The first kappa shape index (κ1) is 16.9. The van der Waals surface area contributed by atoms with E-state index >= 15 is 0 Å². The molecule has 2 aromatic carbocycles. The minimum Gasteiger partial charge on any atom is -0.399 e. The van der Waals surface area contributed by atoms with Crippen molar-refractivity contribution in [3.63, 3.8) is 0 Å². The first-order chi connectivity index (χ1) is 10.9. The van der Waals surface area contributed by atoms with Crippen molar-refractivity contribution in [1.82, 2.24) is 0 Å². The number of imide groups is 1. The van der Waals surface area contributed by atoms with Gasteiger partial charge >= 0.3 is 11.8 Å². The topological polar surface area (TPSA) is 92.5 Å². The van der Waals surface area contributed by atoms with Gasteiger partial charge in [0.25, 0.3) is 0 Å². The number of nitrogens with zero attached hydrogens (tertiary/aromatic N) is 1. The molecule has 0 aliphatic carbocycles. The summed E-state index contributed by atoms with van der Waals surface area (Å²) in [5.41, 5.74) is 6.77. The molecular weight excluding hydrogens is 409 g/mol. The minimum absolute atomic E-state index is 0.250. The molecule has 0 heterocycles. The number of nitrogen functional groups attached to an aromatic ring is 1. The summed E-state index contributed by atoms with van der Waals surface area (Å²) in [6.45, 7) is 1.21. The van der Waals surface area contributed by atoms with Crippen molar-refractivity contribution in [2.45, 2.75) is 6.92 Å². The molecule has 0 atom stereocenters. The number of benzene rings is 2. The highest BCUT2D eigenvalue weighted by Gasteiger charge is 2.27. The first-order valence-corrected chi connectivity index (χ1v) is 7.73. The normalized spacial score (nSPS) is 10.0. The van der Waals surface area contributed by atoms with Gasteiger partial charge in [-0.2, -0.15) is 0 Å². The van der Waals surface area contributed by atoms with E-state index in [2.05, 4.69) is 27.9 Å². The average molecular weight is 423 g/mol. The summed E-state index contributed by atoms with van der Waals surface area (Å²) < 4.78 is 0.997. The quantitative estimate of drug-likeness (QED) is 0.441. The third kappa shape index (κ3) is 4.28. The van der Waals surface area contributed by atoms with Crippen LogP contribution >= 0.6 is 22.6 Å². The average Bonchev–Trinajstić information content (AvgIpc) is 2.49. The molecule has 7 heteroatoms. The van der Waals surface area contributed by atoms with Gasteiger partial charge in [-0.1, -0.05) is 6.07 Å². The Morgan fingerprint density at radius 3 is 2.30 bits per heavy atom. The predicted molar refractivity (Wildman–Crippen MR) is 96.8 cm³/mol. The molecule has 3 N–H and O–H groups in total. The molecule has 3 amide bonds. The molecule has 6 nitrogen and oxygen atoms in total. The fourth-order valence-electron chi connectivity index (χ4n) is 1.93. The minimum atomic E-state index is -0.971. The summed E-state index contributed by atoms with van der Waals surface area (Å²) in [5.74, 6) is -2.44. The van der Waals surface area contributed by atoms with Gasteiger partial charge in [0.1, 0.15) is 0 Å². The lowest BCUT2D eigenvalue weighted by Crippen LogP contribution is -2.42. The summed E-state index contributed by atoms with van der Waals surface area (Å²) in [6.07, 6.45) is 0. The zero-order valence-corrected chi connectivity index (χ0v) is 14.4. The van der Waals surface area contributed by atoms with Crippen molar-refractivity contribution >= 4 is 57.4 Å². The summed E-state index contributed by atoms with van der Waals surface area (Å²) in [5, 5.41) is 2.47. The molecule has 0 spiro atoms. The zero-order valence-electron chi connectivity index (χ0n) is 12.2. The summed E-state index contributed by atoms with van der Waals surface area (Å²) in [4.78, 5) is 37.0. The van der Waals surface area contributed by atoms with E-state index in [0.717, 1.165) is 8.47 Å². The van der Waals surface area contributed by atoms with Crippen molar-refractivity contribution in [2.75, 3.05) is 16.0 Å².